The van der Waals surface area contributed by atoms with Crippen LogP contribution in [0.15, 0.2) is 12.2 Å². The molecule has 0 spiro atoms. The molecular weight excluding hydrogens is 683 g/mol. The van der Waals surface area contributed by atoms with Crippen molar-refractivity contribution in [2.45, 2.75) is 225 Å². The number of hydrogen-bond acceptors (Lipinski definition) is 5. The first-order valence-corrected chi connectivity index (χ1v) is 24.1. The molecule has 0 fully saturated rings. The van der Waals surface area contributed by atoms with Crippen LogP contribution in [0.3, 0.4) is 0 Å². The molecule has 9 heteroatoms. The Hall–Kier alpha value is -0.760. The number of nitrogens with one attached hydrogen (secondary N) is 1. The van der Waals surface area contributed by atoms with Crippen molar-refractivity contribution in [2.24, 2.45) is 0 Å². The first-order valence-electron chi connectivity index (χ1n) is 22.6. The van der Waals surface area contributed by atoms with Crippen LogP contribution in [-0.4, -0.2) is 73.4 Å². The van der Waals surface area contributed by atoms with E-state index >= 15 is 0 Å². The van der Waals surface area contributed by atoms with Crippen LogP contribution in [-0.2, 0) is 18.4 Å². The molecule has 0 aromatic rings. The van der Waals surface area contributed by atoms with E-state index in [0.717, 1.165) is 32.1 Å². The van der Waals surface area contributed by atoms with Crippen molar-refractivity contribution >= 4 is 13.7 Å². The van der Waals surface area contributed by atoms with Crippen LogP contribution in [0.5, 0.6) is 0 Å². The number of carbonyl (C=O) groups is 1. The number of phosphoric acid groups is 1. The highest BCUT2D eigenvalue weighted by Crippen LogP contribution is 2.43. The Labute approximate surface area is 329 Å². The zero-order chi connectivity index (χ0) is 39.3. The first kappa shape index (κ1) is 52.2. The standard InChI is InChI=1S/C44H89N2O6P/c1-6-8-10-12-14-15-16-17-18-19-20-21-22-23-24-25-26-27-28-29-30-31-32-33-35-37-43(47)42(45-44(48)38-36-34-13-11-9-7-2)41-52-53(49,50)51-40-39-46(3,4)5/h35,37,42-43,47H,6-34,36,38-41H2,1-5H3,(H-,45,48,49,50)/p+1/b37-35+. The topological polar surface area (TPSA) is 105 Å². The van der Waals surface area contributed by atoms with Gasteiger partial charge in [-0.3, -0.25) is 13.8 Å². The number of aliphatic hydroxyl groups is 1. The van der Waals surface area contributed by atoms with Crippen LogP contribution >= 0.6 is 7.82 Å². The van der Waals surface area contributed by atoms with E-state index < -0.39 is 20.0 Å². The van der Waals surface area contributed by atoms with Crippen molar-refractivity contribution in [3.8, 4) is 0 Å². The lowest BCUT2D eigenvalue weighted by atomic mass is 10.0. The molecule has 0 bridgehead atoms. The molecule has 1 amide bonds. The van der Waals surface area contributed by atoms with E-state index in [4.69, 9.17) is 9.05 Å². The first-order chi connectivity index (χ1) is 25.5. The Morgan fingerprint density at radius 3 is 1.40 bits per heavy atom. The Kier molecular flexibility index (Phi) is 36.3. The van der Waals surface area contributed by atoms with E-state index in [1.165, 1.54) is 161 Å². The number of nitrogens with zero attached hydrogens (tertiary/aromatic N) is 1. The van der Waals surface area contributed by atoms with Crippen molar-refractivity contribution in [3.63, 3.8) is 0 Å². The number of allylic oxidation sites excluding steroid dienone is 1. The highest BCUT2D eigenvalue weighted by molar-refractivity contribution is 7.47. The van der Waals surface area contributed by atoms with Crippen LogP contribution in [0.1, 0.15) is 213 Å². The lowest BCUT2D eigenvalue weighted by molar-refractivity contribution is -0.870. The number of hydrogen-bond donors (Lipinski definition) is 3. The van der Waals surface area contributed by atoms with Crippen LogP contribution in [0, 0.1) is 0 Å². The SMILES string of the molecule is CCCCCCCCCCCCCCCCCCCCCCCCC/C=C/C(O)C(COP(=O)(O)OCC[N+](C)(C)C)NC(=O)CCCCCCCC. The number of phosphoric ester groups is 1. The molecule has 0 saturated carbocycles. The van der Waals surface area contributed by atoms with Crippen LogP contribution in [0.2, 0.25) is 0 Å². The zero-order valence-electron chi connectivity index (χ0n) is 35.8. The molecule has 0 radical (unpaired) electrons. The molecule has 0 aliphatic carbocycles. The summed E-state index contributed by atoms with van der Waals surface area (Å²) < 4.78 is 23.4. The molecule has 8 nitrogen and oxygen atoms in total. The highest BCUT2D eigenvalue weighted by Gasteiger charge is 2.27. The predicted octanol–water partition coefficient (Wildman–Crippen LogP) is 12.4. The molecule has 3 unspecified atom stereocenters. The predicted molar refractivity (Wildman–Crippen MR) is 226 cm³/mol. The molecular formula is C44H90N2O6P+. The molecule has 0 aliphatic heterocycles. The van der Waals surface area contributed by atoms with Gasteiger partial charge >= 0.3 is 7.82 Å². The van der Waals surface area contributed by atoms with Crippen molar-refractivity contribution in [2.75, 3.05) is 40.9 Å². The Balaban J connectivity index is 4.09. The maximum atomic E-state index is 12.7. The maximum Gasteiger partial charge on any atom is 0.472 e. The molecule has 53 heavy (non-hydrogen) atoms. The van der Waals surface area contributed by atoms with Crippen molar-refractivity contribution in [3.05, 3.63) is 12.2 Å². The number of unbranched alkanes of at least 4 members (excludes halogenated alkanes) is 28. The minimum Gasteiger partial charge on any atom is -0.387 e. The molecule has 0 saturated heterocycles. The third-order valence-corrected chi connectivity index (χ3v) is 11.2. The van der Waals surface area contributed by atoms with Crippen LogP contribution in [0.25, 0.3) is 0 Å². The lowest BCUT2D eigenvalue weighted by Crippen LogP contribution is -2.45. The summed E-state index contributed by atoms with van der Waals surface area (Å²) in [6, 6.07) is -0.837. The van der Waals surface area contributed by atoms with Gasteiger partial charge in [-0.25, -0.2) is 4.57 Å². The molecule has 3 atom stereocenters. The van der Waals surface area contributed by atoms with Gasteiger partial charge in [0.1, 0.15) is 13.2 Å². The third-order valence-electron chi connectivity index (χ3n) is 10.3. The molecule has 0 rings (SSSR count). The molecule has 0 heterocycles. The highest BCUT2D eigenvalue weighted by atomic mass is 31.2. The summed E-state index contributed by atoms with van der Waals surface area (Å²) >= 11 is 0. The van der Waals surface area contributed by atoms with Gasteiger partial charge in [0.25, 0.3) is 0 Å². The Morgan fingerprint density at radius 2 is 1.00 bits per heavy atom. The van der Waals surface area contributed by atoms with Crippen molar-refractivity contribution in [1.29, 1.82) is 0 Å². The summed E-state index contributed by atoms with van der Waals surface area (Å²) in [6.07, 6.45) is 41.8. The van der Waals surface area contributed by atoms with E-state index in [2.05, 4.69) is 19.2 Å². The van der Waals surface area contributed by atoms with Gasteiger partial charge in [0.15, 0.2) is 0 Å². The summed E-state index contributed by atoms with van der Waals surface area (Å²) in [5.41, 5.74) is 0. The molecule has 3 N–H and O–H groups in total. The Bertz CT molecular complexity index is 880. The fourth-order valence-electron chi connectivity index (χ4n) is 6.63. The average Bonchev–Trinajstić information content (AvgIpc) is 3.10. The fourth-order valence-corrected chi connectivity index (χ4v) is 7.37. The van der Waals surface area contributed by atoms with Gasteiger partial charge < -0.3 is 19.8 Å². The van der Waals surface area contributed by atoms with E-state index in [1.807, 2.05) is 27.2 Å². The van der Waals surface area contributed by atoms with Gasteiger partial charge in [0.2, 0.25) is 5.91 Å². The summed E-state index contributed by atoms with van der Waals surface area (Å²) in [5, 5.41) is 13.7. The fraction of sp³-hybridized carbons (Fsp3) is 0.932. The van der Waals surface area contributed by atoms with Crippen molar-refractivity contribution in [1.82, 2.24) is 5.32 Å². The van der Waals surface area contributed by atoms with Gasteiger partial charge in [0, 0.05) is 6.42 Å². The minimum atomic E-state index is -4.32. The number of carbonyl (C=O) groups excluding carboxylic acids is 1. The second-order valence-electron chi connectivity index (χ2n) is 16.8. The van der Waals surface area contributed by atoms with Gasteiger partial charge in [0.05, 0.1) is 39.9 Å². The number of quaternary nitrogens is 1. The number of aliphatic hydroxyl groups excluding tert-OH is 1. The van der Waals surface area contributed by atoms with Gasteiger partial charge in [-0.05, 0) is 19.3 Å². The molecule has 0 aromatic heterocycles. The largest absolute Gasteiger partial charge is 0.472 e. The number of likely N-dealkylation sites (N-methyl/N-ethyl adjacent to an activating group) is 1. The zero-order valence-corrected chi connectivity index (χ0v) is 36.7. The maximum absolute atomic E-state index is 12.7. The summed E-state index contributed by atoms with van der Waals surface area (Å²) in [4.78, 5) is 22.9. The monoisotopic (exact) mass is 774 g/mol. The normalized spacial score (nSPS) is 14.5. The molecule has 0 aliphatic rings. The second-order valence-corrected chi connectivity index (χ2v) is 18.2. The van der Waals surface area contributed by atoms with Crippen molar-refractivity contribution < 1.29 is 32.9 Å². The van der Waals surface area contributed by atoms with Crippen LogP contribution < -0.4 is 5.32 Å². The van der Waals surface area contributed by atoms with E-state index in [9.17, 15) is 19.4 Å². The summed E-state index contributed by atoms with van der Waals surface area (Å²) in [7, 11) is 1.58. The quantitative estimate of drug-likeness (QED) is 0.0247. The van der Waals surface area contributed by atoms with Gasteiger partial charge in [-0.2, -0.15) is 0 Å². The molecule has 0 aromatic carbocycles. The molecule has 316 valence electrons. The van der Waals surface area contributed by atoms with Crippen LogP contribution in [0.4, 0.5) is 0 Å². The van der Waals surface area contributed by atoms with E-state index in [0.29, 0.717) is 17.4 Å². The summed E-state index contributed by atoms with van der Waals surface area (Å²) in [6.45, 7) is 4.76. The lowest BCUT2D eigenvalue weighted by Gasteiger charge is -2.25. The minimum absolute atomic E-state index is 0.0638. The van der Waals surface area contributed by atoms with Gasteiger partial charge in [-0.15, -0.1) is 0 Å². The number of rotatable bonds is 41. The number of amides is 1. The average molecular weight is 774 g/mol. The smallest absolute Gasteiger partial charge is 0.387 e. The Morgan fingerprint density at radius 1 is 0.623 bits per heavy atom. The second kappa shape index (κ2) is 36.9. The van der Waals surface area contributed by atoms with E-state index in [-0.39, 0.29) is 19.1 Å². The summed E-state index contributed by atoms with van der Waals surface area (Å²) in [5.74, 6) is -0.185. The third kappa shape index (κ3) is 39.3. The van der Waals surface area contributed by atoms with Gasteiger partial charge in [-0.1, -0.05) is 199 Å². The van der Waals surface area contributed by atoms with E-state index in [1.54, 1.807) is 6.08 Å².